The molecule has 0 amide bonds. The van der Waals surface area contributed by atoms with Crippen molar-refractivity contribution in [3.8, 4) is 0 Å². The van der Waals surface area contributed by atoms with Gasteiger partial charge in [-0.25, -0.2) is 4.79 Å². The molecule has 0 aromatic rings. The van der Waals surface area contributed by atoms with Gasteiger partial charge in [0.05, 0.1) is 26.1 Å². The first-order valence-electron chi connectivity index (χ1n) is 5.64. The summed E-state index contributed by atoms with van der Waals surface area (Å²) >= 11 is 0. The summed E-state index contributed by atoms with van der Waals surface area (Å²) in [6.45, 7) is 3.50. The maximum Gasteiger partial charge on any atom is 0.332 e. The van der Waals surface area contributed by atoms with Crippen LogP contribution in [0.1, 0.15) is 26.7 Å². The largest absolute Gasteiger partial charge is 0.479 e. The van der Waals surface area contributed by atoms with Crippen LogP contribution in [0.25, 0.3) is 0 Å². The molecule has 18 heavy (non-hydrogen) atoms. The normalized spacial score (nSPS) is 12.0. The van der Waals surface area contributed by atoms with Crippen molar-refractivity contribution < 1.29 is 34.1 Å². The van der Waals surface area contributed by atoms with E-state index in [2.05, 4.69) is 9.47 Å². The molecule has 7 nitrogen and oxygen atoms in total. The van der Waals surface area contributed by atoms with Gasteiger partial charge in [-0.05, 0) is 13.8 Å². The first kappa shape index (κ1) is 16.4. The van der Waals surface area contributed by atoms with Crippen molar-refractivity contribution in [3.63, 3.8) is 0 Å². The molecule has 0 bridgehead atoms. The number of rotatable bonds is 8. The Morgan fingerprint density at radius 1 is 1.00 bits per heavy atom. The van der Waals surface area contributed by atoms with E-state index in [1.165, 1.54) is 0 Å². The molecule has 7 heteroatoms. The van der Waals surface area contributed by atoms with Gasteiger partial charge >= 0.3 is 17.9 Å². The molecule has 0 spiro atoms. The first-order chi connectivity index (χ1) is 8.42. The van der Waals surface area contributed by atoms with E-state index in [1.807, 2.05) is 0 Å². The lowest BCUT2D eigenvalue weighted by Crippen LogP contribution is -2.33. The molecule has 0 aliphatic carbocycles. The van der Waals surface area contributed by atoms with E-state index in [1.54, 1.807) is 13.8 Å². The highest BCUT2D eigenvalue weighted by Gasteiger charge is 2.30. The standard InChI is InChI=1S/C11H18O7/c1-3-17-8(12)5-7(10(14)11(15)16)6-9(13)18-4-2/h7,10,14H,3-6H2,1-2H3,(H,15,16). The molecule has 0 aromatic heterocycles. The van der Waals surface area contributed by atoms with E-state index in [9.17, 15) is 19.5 Å². The summed E-state index contributed by atoms with van der Waals surface area (Å²) in [4.78, 5) is 33.1. The van der Waals surface area contributed by atoms with E-state index in [0.29, 0.717) is 0 Å². The van der Waals surface area contributed by atoms with E-state index in [4.69, 9.17) is 5.11 Å². The number of aliphatic hydroxyl groups is 1. The topological polar surface area (TPSA) is 110 Å². The Kier molecular flexibility index (Phi) is 7.69. The summed E-state index contributed by atoms with van der Waals surface area (Å²) in [6, 6.07) is 0. The maximum atomic E-state index is 11.2. The Bertz CT molecular complexity index is 280. The predicted molar refractivity (Wildman–Crippen MR) is 59.6 cm³/mol. The van der Waals surface area contributed by atoms with Crippen molar-refractivity contribution in [2.45, 2.75) is 32.8 Å². The lowest BCUT2D eigenvalue weighted by Gasteiger charge is -2.18. The minimum absolute atomic E-state index is 0.147. The molecular weight excluding hydrogens is 244 g/mol. The number of carbonyl (C=O) groups excluding carboxylic acids is 2. The van der Waals surface area contributed by atoms with Gasteiger partial charge in [0.25, 0.3) is 0 Å². The van der Waals surface area contributed by atoms with Crippen LogP contribution >= 0.6 is 0 Å². The number of carboxylic acids is 1. The maximum absolute atomic E-state index is 11.2. The summed E-state index contributed by atoms with van der Waals surface area (Å²) in [6.07, 6.45) is -2.50. The molecule has 1 atom stereocenters. The Labute approximate surface area is 105 Å². The van der Waals surface area contributed by atoms with Crippen molar-refractivity contribution in [1.29, 1.82) is 0 Å². The zero-order chi connectivity index (χ0) is 14.1. The molecule has 0 heterocycles. The van der Waals surface area contributed by atoms with Gasteiger partial charge in [-0.3, -0.25) is 9.59 Å². The average Bonchev–Trinajstić information content (AvgIpc) is 2.27. The fraction of sp³-hybridized carbons (Fsp3) is 0.727. The zero-order valence-corrected chi connectivity index (χ0v) is 10.4. The summed E-state index contributed by atoms with van der Waals surface area (Å²) in [5.41, 5.74) is 0. The number of aliphatic hydroxyl groups excluding tert-OH is 1. The van der Waals surface area contributed by atoms with Crippen molar-refractivity contribution in [2.75, 3.05) is 13.2 Å². The third-order valence-electron chi connectivity index (χ3n) is 2.17. The molecular formula is C11H18O7. The third kappa shape index (κ3) is 6.19. The van der Waals surface area contributed by atoms with Crippen molar-refractivity contribution >= 4 is 17.9 Å². The Balaban J connectivity index is 4.56. The highest BCUT2D eigenvalue weighted by molar-refractivity contribution is 5.78. The Morgan fingerprint density at radius 2 is 1.39 bits per heavy atom. The highest BCUT2D eigenvalue weighted by Crippen LogP contribution is 2.16. The van der Waals surface area contributed by atoms with Gasteiger partial charge in [-0.15, -0.1) is 0 Å². The molecule has 0 aliphatic heterocycles. The number of carbonyl (C=O) groups is 3. The minimum atomic E-state index is -1.81. The molecule has 0 radical (unpaired) electrons. The second-order valence-corrected chi connectivity index (χ2v) is 3.56. The number of hydrogen-bond donors (Lipinski definition) is 2. The van der Waals surface area contributed by atoms with Gasteiger partial charge < -0.3 is 19.7 Å². The molecule has 104 valence electrons. The highest BCUT2D eigenvalue weighted by atomic mass is 16.5. The number of aliphatic carboxylic acids is 1. The number of ether oxygens (including phenoxy) is 2. The second kappa shape index (κ2) is 8.46. The van der Waals surface area contributed by atoms with Gasteiger partial charge in [0.1, 0.15) is 0 Å². The lowest BCUT2D eigenvalue weighted by atomic mass is 9.95. The van der Waals surface area contributed by atoms with Gasteiger partial charge in [0, 0.05) is 5.92 Å². The van der Waals surface area contributed by atoms with E-state index in [0.717, 1.165) is 0 Å². The van der Waals surface area contributed by atoms with Crippen LogP contribution < -0.4 is 0 Å². The van der Waals surface area contributed by atoms with Gasteiger partial charge in [-0.2, -0.15) is 0 Å². The SMILES string of the molecule is CCOC(=O)CC(CC(=O)OCC)C(O)C(=O)O. The number of hydrogen-bond acceptors (Lipinski definition) is 6. The summed E-state index contributed by atoms with van der Waals surface area (Å²) in [5, 5.41) is 18.1. The first-order valence-corrected chi connectivity index (χ1v) is 5.64. The molecule has 0 rings (SSSR count). The monoisotopic (exact) mass is 262 g/mol. The van der Waals surface area contributed by atoms with E-state index in [-0.39, 0.29) is 26.1 Å². The number of carboxylic acid groups (broad SMARTS) is 1. The van der Waals surface area contributed by atoms with Crippen LogP contribution in [0.4, 0.5) is 0 Å². The molecule has 1 unspecified atom stereocenters. The fourth-order valence-corrected chi connectivity index (χ4v) is 1.37. The van der Waals surface area contributed by atoms with Gasteiger partial charge in [-0.1, -0.05) is 0 Å². The third-order valence-corrected chi connectivity index (χ3v) is 2.17. The van der Waals surface area contributed by atoms with Gasteiger partial charge in [0.2, 0.25) is 0 Å². The molecule has 0 saturated carbocycles. The van der Waals surface area contributed by atoms with E-state index >= 15 is 0 Å². The lowest BCUT2D eigenvalue weighted by molar-refractivity contribution is -0.155. The Hall–Kier alpha value is -1.63. The van der Waals surface area contributed by atoms with Crippen LogP contribution in [0.2, 0.25) is 0 Å². The molecule has 2 N–H and O–H groups in total. The zero-order valence-electron chi connectivity index (χ0n) is 10.4. The smallest absolute Gasteiger partial charge is 0.332 e. The van der Waals surface area contributed by atoms with E-state index < -0.39 is 29.9 Å². The van der Waals surface area contributed by atoms with Gasteiger partial charge in [0.15, 0.2) is 6.10 Å². The van der Waals surface area contributed by atoms with Crippen LogP contribution in [0.3, 0.4) is 0 Å². The summed E-state index contributed by atoms with van der Waals surface area (Å²) in [5.74, 6) is -3.87. The van der Waals surface area contributed by atoms with Crippen molar-refractivity contribution in [2.24, 2.45) is 5.92 Å². The average molecular weight is 262 g/mol. The summed E-state index contributed by atoms with van der Waals surface area (Å²) in [7, 11) is 0. The van der Waals surface area contributed by atoms with Crippen LogP contribution in [0, 0.1) is 5.92 Å². The van der Waals surface area contributed by atoms with Crippen molar-refractivity contribution in [1.82, 2.24) is 0 Å². The number of esters is 2. The molecule has 0 saturated heterocycles. The predicted octanol–water partition coefficient (Wildman–Crippen LogP) is -0.0455. The fourth-order valence-electron chi connectivity index (χ4n) is 1.37. The van der Waals surface area contributed by atoms with Crippen LogP contribution in [-0.2, 0) is 23.9 Å². The van der Waals surface area contributed by atoms with Crippen LogP contribution in [-0.4, -0.2) is 47.4 Å². The van der Waals surface area contributed by atoms with Crippen LogP contribution in [0.5, 0.6) is 0 Å². The summed E-state index contributed by atoms with van der Waals surface area (Å²) < 4.78 is 9.30. The molecule has 0 aromatic carbocycles. The van der Waals surface area contributed by atoms with Crippen LogP contribution in [0.15, 0.2) is 0 Å². The minimum Gasteiger partial charge on any atom is -0.479 e. The second-order valence-electron chi connectivity index (χ2n) is 3.56. The quantitative estimate of drug-likeness (QED) is 0.590. The molecule has 0 aliphatic rings. The Morgan fingerprint density at radius 3 is 1.67 bits per heavy atom. The molecule has 0 fully saturated rings. The van der Waals surface area contributed by atoms with Crippen molar-refractivity contribution in [3.05, 3.63) is 0 Å².